The average Bonchev–Trinajstić information content (AvgIpc) is 3.11. The minimum atomic E-state index is -4.50. The minimum Gasteiger partial charge on any atom is -0.468 e. The highest BCUT2D eigenvalue weighted by Gasteiger charge is 2.38. The summed E-state index contributed by atoms with van der Waals surface area (Å²) in [5.74, 6) is -0.863. The number of nitrogens with zero attached hydrogens (tertiary/aromatic N) is 3. The molecule has 0 aliphatic rings. The number of esters is 1. The molecule has 0 aliphatic heterocycles. The Hall–Kier alpha value is -3.77. The van der Waals surface area contributed by atoms with Crippen molar-refractivity contribution < 1.29 is 32.4 Å². The van der Waals surface area contributed by atoms with Crippen molar-refractivity contribution in [3.8, 4) is 0 Å². The van der Waals surface area contributed by atoms with Crippen LogP contribution in [-0.2, 0) is 30.7 Å². The summed E-state index contributed by atoms with van der Waals surface area (Å²) in [7, 11) is -2.21. The zero-order chi connectivity index (χ0) is 27.7. The van der Waals surface area contributed by atoms with E-state index in [0.29, 0.717) is 22.2 Å². The number of rotatable bonds is 7. The fraction of sp³-hybridized carbons (Fsp3) is 0.360. The monoisotopic (exact) mass is 531 g/mol. The second-order valence-electron chi connectivity index (χ2n) is 9.39. The minimum absolute atomic E-state index is 0.162. The zero-order valence-electron chi connectivity index (χ0n) is 21.4. The van der Waals surface area contributed by atoms with Gasteiger partial charge in [-0.1, -0.05) is 30.3 Å². The molecule has 0 N–H and O–H groups in total. The summed E-state index contributed by atoms with van der Waals surface area (Å²) in [6, 6.07) is 10.5. The Labute approximate surface area is 214 Å². The van der Waals surface area contributed by atoms with Crippen molar-refractivity contribution in [2.24, 2.45) is 0 Å². The van der Waals surface area contributed by atoms with Gasteiger partial charge in [0.2, 0.25) is 10.0 Å². The highest BCUT2D eigenvalue weighted by Crippen LogP contribution is 2.31. The third-order valence-corrected chi connectivity index (χ3v) is 7.76. The molecule has 12 heteroatoms. The quantitative estimate of drug-likeness (QED) is 0.253. The smallest absolute Gasteiger partial charge is 0.419 e. The number of nitro groups is 1. The number of carbonyl (C=O) groups excluding carboxylic acids is 2. The molecule has 0 radical (unpaired) electrons. The van der Waals surface area contributed by atoms with Gasteiger partial charge in [-0.3, -0.25) is 14.9 Å². The lowest BCUT2D eigenvalue weighted by molar-refractivity contribution is -0.387. The van der Waals surface area contributed by atoms with Crippen molar-refractivity contribution in [1.29, 1.82) is 0 Å². The number of aromatic nitrogens is 1. The van der Waals surface area contributed by atoms with E-state index in [-0.39, 0.29) is 6.42 Å². The second kappa shape index (κ2) is 10.3. The van der Waals surface area contributed by atoms with Gasteiger partial charge in [-0.05, 0) is 45.4 Å². The van der Waals surface area contributed by atoms with E-state index in [9.17, 15) is 28.1 Å². The number of nitro benzene ring substituents is 1. The molecule has 2 aromatic carbocycles. The third-order valence-electron chi connectivity index (χ3n) is 5.85. The number of benzene rings is 2. The predicted octanol–water partition coefficient (Wildman–Crippen LogP) is 4.05. The summed E-state index contributed by atoms with van der Waals surface area (Å²) < 4.78 is 39.5. The maximum absolute atomic E-state index is 13.5. The van der Waals surface area contributed by atoms with Crippen molar-refractivity contribution >= 4 is 38.7 Å². The number of ether oxygens (including phenoxy) is 2. The molecule has 1 atom stereocenters. The molecule has 198 valence electrons. The Morgan fingerprint density at radius 2 is 1.70 bits per heavy atom. The summed E-state index contributed by atoms with van der Waals surface area (Å²) in [6.07, 6.45) is -0.784. The summed E-state index contributed by atoms with van der Waals surface area (Å²) >= 11 is 0. The van der Waals surface area contributed by atoms with Crippen LogP contribution in [0.3, 0.4) is 0 Å². The van der Waals surface area contributed by atoms with E-state index in [2.05, 4.69) is 0 Å². The van der Waals surface area contributed by atoms with Crippen LogP contribution in [0.15, 0.2) is 53.4 Å². The number of sulfonamides is 1. The van der Waals surface area contributed by atoms with Crippen molar-refractivity contribution in [1.82, 2.24) is 8.87 Å². The third kappa shape index (κ3) is 5.49. The highest BCUT2D eigenvalue weighted by molar-refractivity contribution is 7.89. The van der Waals surface area contributed by atoms with Gasteiger partial charge in [-0.25, -0.2) is 17.8 Å². The lowest BCUT2D eigenvalue weighted by Crippen LogP contribution is -2.44. The molecule has 3 aromatic rings. The lowest BCUT2D eigenvalue weighted by atomic mass is 10.0. The first-order valence-electron chi connectivity index (χ1n) is 11.3. The molecule has 37 heavy (non-hydrogen) atoms. The van der Waals surface area contributed by atoms with E-state index in [1.165, 1.54) is 16.7 Å². The van der Waals surface area contributed by atoms with Gasteiger partial charge in [0.05, 0.1) is 17.5 Å². The molecule has 1 unspecified atom stereocenters. The van der Waals surface area contributed by atoms with E-state index >= 15 is 0 Å². The molecule has 0 aliphatic carbocycles. The number of para-hydroxylation sites is 2. The predicted molar refractivity (Wildman–Crippen MR) is 136 cm³/mol. The normalized spacial score (nSPS) is 12.9. The number of carbonyl (C=O) groups is 2. The van der Waals surface area contributed by atoms with E-state index in [0.717, 1.165) is 30.6 Å². The molecule has 0 saturated heterocycles. The summed E-state index contributed by atoms with van der Waals surface area (Å²) in [5.41, 5.74) is 0.137. The zero-order valence-corrected chi connectivity index (χ0v) is 22.2. The number of methoxy groups -OCH3 is 1. The fourth-order valence-electron chi connectivity index (χ4n) is 4.07. The molecule has 0 saturated carbocycles. The van der Waals surface area contributed by atoms with Gasteiger partial charge < -0.3 is 9.47 Å². The van der Waals surface area contributed by atoms with Crippen molar-refractivity contribution in [2.75, 3.05) is 14.2 Å². The number of hydrogen-bond donors (Lipinski definition) is 0. The van der Waals surface area contributed by atoms with Gasteiger partial charge in [0.25, 0.3) is 5.69 Å². The molecule has 1 heterocycles. The van der Waals surface area contributed by atoms with Gasteiger partial charge in [0.15, 0.2) is 4.90 Å². The van der Waals surface area contributed by atoms with Crippen LogP contribution in [-0.4, -0.2) is 60.1 Å². The maximum Gasteiger partial charge on any atom is 0.419 e. The van der Waals surface area contributed by atoms with Crippen LogP contribution in [0.5, 0.6) is 0 Å². The molecule has 3 rings (SSSR count). The molecule has 11 nitrogen and oxygen atoms in total. The van der Waals surface area contributed by atoms with Crippen LogP contribution >= 0.6 is 0 Å². The Morgan fingerprint density at radius 1 is 1.11 bits per heavy atom. The molecular weight excluding hydrogens is 502 g/mol. The Bertz CT molecular complexity index is 1470. The number of fused-ring (bicyclic) bond motifs is 1. The van der Waals surface area contributed by atoms with E-state index in [1.54, 1.807) is 52.0 Å². The van der Waals surface area contributed by atoms with Crippen LogP contribution in [0.4, 0.5) is 10.5 Å². The van der Waals surface area contributed by atoms with Gasteiger partial charge in [-0.2, -0.15) is 4.31 Å². The molecule has 1 aromatic heterocycles. The Balaban J connectivity index is 2.14. The lowest BCUT2D eigenvalue weighted by Gasteiger charge is -2.25. The van der Waals surface area contributed by atoms with Crippen LogP contribution < -0.4 is 0 Å². The first kappa shape index (κ1) is 27.8. The number of likely N-dealkylation sites (N-methyl/N-ethyl adjacent to an activating group) is 1. The van der Waals surface area contributed by atoms with Crippen molar-refractivity contribution in [3.63, 3.8) is 0 Å². The van der Waals surface area contributed by atoms with Gasteiger partial charge in [0.1, 0.15) is 11.6 Å². The topological polar surface area (TPSA) is 138 Å². The Morgan fingerprint density at radius 3 is 2.30 bits per heavy atom. The molecule has 0 bridgehead atoms. The van der Waals surface area contributed by atoms with Gasteiger partial charge >= 0.3 is 12.1 Å². The van der Waals surface area contributed by atoms with Crippen LogP contribution in [0.2, 0.25) is 0 Å². The van der Waals surface area contributed by atoms with Crippen LogP contribution in [0.25, 0.3) is 10.9 Å². The van der Waals surface area contributed by atoms with Gasteiger partial charge in [0, 0.05) is 30.6 Å². The summed E-state index contributed by atoms with van der Waals surface area (Å²) in [4.78, 5) is 36.0. The molecule has 0 amide bonds. The van der Waals surface area contributed by atoms with Crippen LogP contribution in [0.1, 0.15) is 32.0 Å². The summed E-state index contributed by atoms with van der Waals surface area (Å²) in [6.45, 7) is 6.89. The molecule has 0 spiro atoms. The fourth-order valence-corrected chi connectivity index (χ4v) is 5.54. The largest absolute Gasteiger partial charge is 0.468 e. The van der Waals surface area contributed by atoms with E-state index in [1.807, 2.05) is 0 Å². The van der Waals surface area contributed by atoms with Crippen molar-refractivity contribution in [3.05, 3.63) is 69.9 Å². The van der Waals surface area contributed by atoms with E-state index in [4.69, 9.17) is 9.47 Å². The Kier molecular flexibility index (Phi) is 7.75. The number of hydrogen-bond acceptors (Lipinski definition) is 8. The first-order chi connectivity index (χ1) is 17.2. The second-order valence-corrected chi connectivity index (χ2v) is 11.4. The standard InChI is InChI=1S/C25H29N3O8S/c1-16-18(17-11-7-8-12-19(17)27(16)24(30)36-25(2,3)4)15-21(23(29)35-6)26(5)37(33,34)22-14-10-9-13-20(22)28(31)32/h7-14,21H,15H2,1-6H3. The highest BCUT2D eigenvalue weighted by atomic mass is 32.2. The van der Waals surface area contributed by atoms with Gasteiger partial charge in [-0.15, -0.1) is 0 Å². The summed E-state index contributed by atoms with van der Waals surface area (Å²) in [5, 5.41) is 12.1. The maximum atomic E-state index is 13.5. The SMILES string of the molecule is COC(=O)C(Cc1c(C)n(C(=O)OC(C)(C)C)c2ccccc12)N(C)S(=O)(=O)c1ccccc1[N+](=O)[O-]. The van der Waals surface area contributed by atoms with Crippen LogP contribution in [0, 0.1) is 17.0 Å². The van der Waals surface area contributed by atoms with E-state index < -0.39 is 49.2 Å². The molecule has 0 fully saturated rings. The first-order valence-corrected chi connectivity index (χ1v) is 12.8. The average molecular weight is 532 g/mol. The molecular formula is C25H29N3O8S. The van der Waals surface area contributed by atoms with Crippen molar-refractivity contribution in [2.45, 2.75) is 50.7 Å².